The van der Waals surface area contributed by atoms with Crippen molar-refractivity contribution in [1.82, 2.24) is 4.90 Å². The van der Waals surface area contributed by atoms with Crippen molar-refractivity contribution in [1.29, 1.82) is 0 Å². The number of amides is 1. The van der Waals surface area contributed by atoms with E-state index in [2.05, 4.69) is 0 Å². The lowest BCUT2D eigenvalue weighted by atomic mass is 10.1. The van der Waals surface area contributed by atoms with Crippen molar-refractivity contribution in [3.05, 3.63) is 84.4 Å². The third-order valence-corrected chi connectivity index (χ3v) is 7.11. The summed E-state index contributed by atoms with van der Waals surface area (Å²) in [6, 6.07) is 22.4. The molecule has 0 spiro atoms. The number of methoxy groups -OCH3 is 1. The molecule has 1 amide bonds. The molecule has 166 valence electrons. The lowest BCUT2D eigenvalue weighted by molar-refractivity contribution is -0.137. The Morgan fingerprint density at radius 1 is 1.03 bits per heavy atom. The zero-order valence-electron chi connectivity index (χ0n) is 17.8. The molecule has 0 radical (unpaired) electrons. The number of carbonyl (C=O) groups is 1. The molecule has 1 aliphatic rings. The van der Waals surface area contributed by atoms with Crippen molar-refractivity contribution >= 4 is 21.6 Å². The number of ether oxygens (including phenoxy) is 2. The molecule has 0 bridgehead atoms. The minimum absolute atomic E-state index is 0.122. The van der Waals surface area contributed by atoms with Crippen molar-refractivity contribution < 1.29 is 22.7 Å². The second-order valence-corrected chi connectivity index (χ2v) is 9.29. The molecule has 0 aliphatic carbocycles. The van der Waals surface area contributed by atoms with Gasteiger partial charge in [0, 0.05) is 19.2 Å². The maximum atomic E-state index is 13.4. The zero-order chi connectivity index (χ0) is 22.7. The number of rotatable bonds is 6. The first kappa shape index (κ1) is 21.7. The number of fused-ring (bicyclic) bond motifs is 1. The van der Waals surface area contributed by atoms with E-state index in [4.69, 9.17) is 9.47 Å². The highest BCUT2D eigenvalue weighted by Crippen LogP contribution is 2.37. The van der Waals surface area contributed by atoms with Crippen molar-refractivity contribution in [3.63, 3.8) is 0 Å². The van der Waals surface area contributed by atoms with Gasteiger partial charge in [-0.2, -0.15) is 0 Å². The van der Waals surface area contributed by atoms with Crippen LogP contribution in [0.2, 0.25) is 0 Å². The van der Waals surface area contributed by atoms with Gasteiger partial charge in [-0.3, -0.25) is 9.10 Å². The third-order valence-electron chi connectivity index (χ3n) is 5.32. The molecule has 0 saturated carbocycles. The number of hydrogen-bond donors (Lipinski definition) is 0. The summed E-state index contributed by atoms with van der Waals surface area (Å²) in [6.07, 6.45) is -0.983. The molecule has 1 heterocycles. The summed E-state index contributed by atoms with van der Waals surface area (Å²) in [6.45, 7) is 0.180. The van der Waals surface area contributed by atoms with Crippen LogP contribution in [0, 0.1) is 0 Å². The van der Waals surface area contributed by atoms with Crippen molar-refractivity contribution in [2.24, 2.45) is 0 Å². The molecule has 3 aromatic rings. The Morgan fingerprint density at radius 3 is 2.44 bits per heavy atom. The largest absolute Gasteiger partial charge is 0.496 e. The predicted molar refractivity (Wildman–Crippen MR) is 121 cm³/mol. The number of likely N-dealkylation sites (N-methyl/N-ethyl adjacent to an activating group) is 1. The average Bonchev–Trinajstić information content (AvgIpc) is 2.83. The van der Waals surface area contributed by atoms with Crippen LogP contribution in [0.1, 0.15) is 5.56 Å². The maximum absolute atomic E-state index is 13.4. The fraction of sp³-hybridized carbons (Fsp3) is 0.208. The van der Waals surface area contributed by atoms with E-state index in [1.807, 2.05) is 24.3 Å². The Labute approximate surface area is 187 Å². The Bertz CT molecular complexity index is 1210. The van der Waals surface area contributed by atoms with Crippen LogP contribution in [-0.4, -0.2) is 46.0 Å². The third kappa shape index (κ3) is 4.13. The van der Waals surface area contributed by atoms with E-state index in [1.165, 1.54) is 21.3 Å². The van der Waals surface area contributed by atoms with E-state index in [9.17, 15) is 13.2 Å². The summed E-state index contributed by atoms with van der Waals surface area (Å²) < 4.78 is 39.3. The molecule has 0 unspecified atom stereocenters. The van der Waals surface area contributed by atoms with Gasteiger partial charge >= 0.3 is 0 Å². The quantitative estimate of drug-likeness (QED) is 0.574. The maximum Gasteiger partial charge on any atom is 0.265 e. The highest BCUT2D eigenvalue weighted by Gasteiger charge is 2.38. The summed E-state index contributed by atoms with van der Waals surface area (Å²) in [7, 11) is -0.636. The van der Waals surface area contributed by atoms with Crippen LogP contribution >= 0.6 is 0 Å². The summed E-state index contributed by atoms with van der Waals surface area (Å²) in [5.74, 6) is 0.705. The molecule has 3 aromatic carbocycles. The molecule has 0 fully saturated rings. The average molecular weight is 453 g/mol. The van der Waals surface area contributed by atoms with Gasteiger partial charge in [0.15, 0.2) is 6.10 Å². The minimum Gasteiger partial charge on any atom is -0.496 e. The van der Waals surface area contributed by atoms with Crippen molar-refractivity contribution in [3.8, 4) is 11.5 Å². The Kier molecular flexibility index (Phi) is 6.05. The first-order valence-corrected chi connectivity index (χ1v) is 11.6. The molecular weight excluding hydrogens is 428 g/mol. The number of sulfonamides is 1. The summed E-state index contributed by atoms with van der Waals surface area (Å²) >= 11 is 0. The lowest BCUT2D eigenvalue weighted by Crippen LogP contribution is -2.50. The monoisotopic (exact) mass is 452 g/mol. The minimum atomic E-state index is -3.87. The summed E-state index contributed by atoms with van der Waals surface area (Å²) in [4.78, 5) is 14.9. The molecular formula is C24H24N2O5S. The number of hydrogen-bond acceptors (Lipinski definition) is 5. The SMILES string of the molecule is COc1ccccc1CN(C)C(=O)[C@@H]1CN(S(=O)(=O)c2ccccc2)c2ccccc2O1. The van der Waals surface area contributed by atoms with Gasteiger partial charge in [-0.15, -0.1) is 0 Å². The van der Waals surface area contributed by atoms with Gasteiger partial charge in [-0.1, -0.05) is 48.5 Å². The van der Waals surface area contributed by atoms with Crippen LogP contribution in [0.25, 0.3) is 0 Å². The zero-order valence-corrected chi connectivity index (χ0v) is 18.7. The van der Waals surface area contributed by atoms with Crippen molar-refractivity contribution in [2.75, 3.05) is 25.0 Å². The first-order valence-electron chi connectivity index (χ1n) is 10.1. The number of nitrogens with zero attached hydrogens (tertiary/aromatic N) is 2. The molecule has 8 heteroatoms. The van der Waals surface area contributed by atoms with Crippen LogP contribution in [0.4, 0.5) is 5.69 Å². The molecule has 32 heavy (non-hydrogen) atoms. The normalized spacial score (nSPS) is 15.4. The number of benzene rings is 3. The van der Waals surface area contributed by atoms with E-state index in [1.54, 1.807) is 56.6 Å². The van der Waals surface area contributed by atoms with Gasteiger partial charge in [0.2, 0.25) is 0 Å². The molecule has 7 nitrogen and oxygen atoms in total. The lowest BCUT2D eigenvalue weighted by Gasteiger charge is -2.36. The second-order valence-electron chi connectivity index (χ2n) is 7.43. The van der Waals surface area contributed by atoms with E-state index in [-0.39, 0.29) is 17.3 Å². The fourth-order valence-corrected chi connectivity index (χ4v) is 5.19. The summed E-state index contributed by atoms with van der Waals surface area (Å²) in [5, 5.41) is 0. The number of para-hydroxylation sites is 3. The topological polar surface area (TPSA) is 76.2 Å². The van der Waals surface area contributed by atoms with Crippen LogP contribution < -0.4 is 13.8 Å². The van der Waals surface area contributed by atoms with Gasteiger partial charge in [-0.05, 0) is 30.3 Å². The van der Waals surface area contributed by atoms with E-state index >= 15 is 0 Å². The van der Waals surface area contributed by atoms with Crippen LogP contribution in [0.3, 0.4) is 0 Å². The van der Waals surface area contributed by atoms with Gasteiger partial charge in [0.1, 0.15) is 11.5 Å². The van der Waals surface area contributed by atoms with Crippen LogP contribution in [-0.2, 0) is 21.4 Å². The second kappa shape index (κ2) is 8.92. The van der Waals surface area contributed by atoms with Gasteiger partial charge in [0.05, 0.1) is 24.2 Å². The Balaban J connectivity index is 1.63. The highest BCUT2D eigenvalue weighted by atomic mass is 32.2. The van der Waals surface area contributed by atoms with Crippen LogP contribution in [0.15, 0.2) is 83.8 Å². The Morgan fingerprint density at radius 2 is 1.69 bits per heavy atom. The van der Waals surface area contributed by atoms with Crippen LogP contribution in [0.5, 0.6) is 11.5 Å². The molecule has 1 aliphatic heterocycles. The molecule has 0 aromatic heterocycles. The van der Waals surface area contributed by atoms with Gasteiger partial charge in [0.25, 0.3) is 15.9 Å². The number of anilines is 1. The standard InChI is InChI=1S/C24H24N2O5S/c1-25(16-18-10-6-8-14-21(18)30-2)24(27)23-17-26(20-13-7-9-15-22(20)31-23)32(28,29)19-11-4-3-5-12-19/h3-15,23H,16-17H2,1-2H3/t23-/m0/s1. The van der Waals surface area contributed by atoms with Crippen molar-refractivity contribution in [2.45, 2.75) is 17.5 Å². The molecule has 4 rings (SSSR count). The highest BCUT2D eigenvalue weighted by molar-refractivity contribution is 7.92. The molecule has 1 atom stereocenters. The van der Waals surface area contributed by atoms with E-state index in [0.717, 1.165) is 5.56 Å². The number of carbonyl (C=O) groups excluding carboxylic acids is 1. The smallest absolute Gasteiger partial charge is 0.265 e. The van der Waals surface area contributed by atoms with E-state index in [0.29, 0.717) is 23.7 Å². The molecule has 0 N–H and O–H groups in total. The predicted octanol–water partition coefficient (Wildman–Crippen LogP) is 3.31. The Hall–Kier alpha value is -3.52. The fourth-order valence-electron chi connectivity index (χ4n) is 3.69. The van der Waals surface area contributed by atoms with E-state index < -0.39 is 16.1 Å². The first-order chi connectivity index (χ1) is 15.4. The summed E-state index contributed by atoms with van der Waals surface area (Å²) in [5.41, 5.74) is 1.25. The van der Waals surface area contributed by atoms with Gasteiger partial charge in [-0.25, -0.2) is 8.42 Å². The molecule has 0 saturated heterocycles. The van der Waals surface area contributed by atoms with Gasteiger partial charge < -0.3 is 14.4 Å².